The molecule has 2 N–H and O–H groups in total. The molecule has 5 heteroatoms. The van der Waals surface area contributed by atoms with Gasteiger partial charge in [0.15, 0.2) is 0 Å². The maximum absolute atomic E-state index is 10.8. The average molecular weight is 196 g/mol. The number of carbonyl (C=O) groups is 1. The van der Waals surface area contributed by atoms with E-state index in [4.69, 9.17) is 0 Å². The lowest BCUT2D eigenvalue weighted by Crippen LogP contribution is -2.33. The molecule has 1 rings (SSSR count). The number of aryl methyl sites for hydroxylation is 1. The molecular weight excluding hydrogens is 180 g/mol. The fraction of sp³-hybridized carbons (Fsp3) is 0.556. The van der Waals surface area contributed by atoms with Gasteiger partial charge in [0.1, 0.15) is 0 Å². The van der Waals surface area contributed by atoms with Crippen molar-refractivity contribution in [3.05, 3.63) is 18.7 Å². The first-order chi connectivity index (χ1) is 6.83. The predicted octanol–water partition coefficient (Wildman–Crippen LogP) is 0.592. The highest BCUT2D eigenvalue weighted by Crippen LogP contribution is 1.93. The number of urea groups is 1. The van der Waals surface area contributed by atoms with Gasteiger partial charge in [-0.25, -0.2) is 9.78 Å². The van der Waals surface area contributed by atoms with Gasteiger partial charge in [-0.05, 0) is 12.8 Å². The van der Waals surface area contributed by atoms with E-state index in [1.54, 1.807) is 19.6 Å². The van der Waals surface area contributed by atoms with E-state index >= 15 is 0 Å². The molecule has 0 fully saturated rings. The summed E-state index contributed by atoms with van der Waals surface area (Å²) in [5.74, 6) is 0. The largest absolute Gasteiger partial charge is 0.341 e. The average Bonchev–Trinajstić information content (AvgIpc) is 2.69. The number of hydrogen-bond donors (Lipinski definition) is 2. The van der Waals surface area contributed by atoms with E-state index in [0.717, 1.165) is 19.4 Å². The van der Waals surface area contributed by atoms with Crippen molar-refractivity contribution in [2.24, 2.45) is 0 Å². The molecule has 78 valence electrons. The molecule has 0 radical (unpaired) electrons. The highest BCUT2D eigenvalue weighted by molar-refractivity contribution is 5.73. The van der Waals surface area contributed by atoms with E-state index in [-0.39, 0.29) is 6.03 Å². The quantitative estimate of drug-likeness (QED) is 0.677. The standard InChI is InChI=1S/C9H16N4O/c1-10-9(14)12-4-2-3-6-13-7-5-11-8-13/h5,7-8H,2-4,6H2,1H3,(H2,10,12,14). The lowest BCUT2D eigenvalue weighted by atomic mass is 10.3. The van der Waals surface area contributed by atoms with E-state index in [9.17, 15) is 4.79 Å². The summed E-state index contributed by atoms with van der Waals surface area (Å²) < 4.78 is 2.03. The van der Waals surface area contributed by atoms with Crippen molar-refractivity contribution in [3.8, 4) is 0 Å². The third-order valence-corrected chi connectivity index (χ3v) is 1.91. The maximum Gasteiger partial charge on any atom is 0.314 e. The van der Waals surface area contributed by atoms with E-state index in [0.29, 0.717) is 6.54 Å². The van der Waals surface area contributed by atoms with Gasteiger partial charge in [-0.15, -0.1) is 0 Å². The summed E-state index contributed by atoms with van der Waals surface area (Å²) in [5.41, 5.74) is 0. The Kier molecular flexibility index (Phi) is 4.54. The minimum absolute atomic E-state index is 0.118. The van der Waals surface area contributed by atoms with Crippen molar-refractivity contribution >= 4 is 6.03 Å². The number of rotatable bonds is 5. The highest BCUT2D eigenvalue weighted by atomic mass is 16.2. The van der Waals surface area contributed by atoms with Gasteiger partial charge in [0.2, 0.25) is 0 Å². The first-order valence-corrected chi connectivity index (χ1v) is 4.74. The van der Waals surface area contributed by atoms with Crippen LogP contribution in [0.5, 0.6) is 0 Å². The SMILES string of the molecule is CNC(=O)NCCCCn1ccnc1. The molecule has 5 nitrogen and oxygen atoms in total. The molecule has 0 saturated carbocycles. The summed E-state index contributed by atoms with van der Waals surface area (Å²) in [6.45, 7) is 1.67. The molecule has 0 atom stereocenters. The monoisotopic (exact) mass is 196 g/mol. The summed E-state index contributed by atoms with van der Waals surface area (Å²) in [6, 6.07) is -0.118. The maximum atomic E-state index is 10.8. The predicted molar refractivity (Wildman–Crippen MR) is 53.9 cm³/mol. The third kappa shape index (κ3) is 3.93. The topological polar surface area (TPSA) is 59.0 Å². The third-order valence-electron chi connectivity index (χ3n) is 1.91. The molecule has 0 bridgehead atoms. The van der Waals surface area contributed by atoms with Crippen molar-refractivity contribution < 1.29 is 4.79 Å². The number of nitrogens with zero attached hydrogens (tertiary/aromatic N) is 2. The van der Waals surface area contributed by atoms with E-state index in [1.165, 1.54) is 0 Å². The Hall–Kier alpha value is -1.52. The number of amides is 2. The second-order valence-corrected chi connectivity index (χ2v) is 3.01. The van der Waals surface area contributed by atoms with Gasteiger partial charge in [0, 0.05) is 32.5 Å². The Morgan fingerprint density at radius 3 is 3.00 bits per heavy atom. The molecule has 1 aromatic heterocycles. The number of nitrogens with one attached hydrogen (secondary N) is 2. The number of aromatic nitrogens is 2. The first kappa shape index (κ1) is 10.6. The van der Waals surface area contributed by atoms with Gasteiger partial charge < -0.3 is 15.2 Å². The molecule has 0 aliphatic heterocycles. The second kappa shape index (κ2) is 6.01. The number of imidazole rings is 1. The van der Waals surface area contributed by atoms with Crippen LogP contribution in [-0.2, 0) is 6.54 Å². The van der Waals surface area contributed by atoms with Crippen LogP contribution in [0.4, 0.5) is 4.79 Å². The zero-order valence-electron chi connectivity index (χ0n) is 8.36. The Labute approximate surface area is 83.5 Å². The van der Waals surface area contributed by atoms with E-state index in [2.05, 4.69) is 15.6 Å². The van der Waals surface area contributed by atoms with Crippen LogP contribution in [0, 0.1) is 0 Å². The van der Waals surface area contributed by atoms with Crippen LogP contribution in [0.2, 0.25) is 0 Å². The van der Waals surface area contributed by atoms with E-state index in [1.807, 2.05) is 10.8 Å². The van der Waals surface area contributed by atoms with Crippen molar-refractivity contribution in [2.45, 2.75) is 19.4 Å². The Bertz CT molecular complexity index is 258. The van der Waals surface area contributed by atoms with Crippen molar-refractivity contribution in [2.75, 3.05) is 13.6 Å². The minimum atomic E-state index is -0.118. The van der Waals surface area contributed by atoms with Gasteiger partial charge in [0.25, 0.3) is 0 Å². The summed E-state index contributed by atoms with van der Waals surface area (Å²) in [7, 11) is 1.61. The van der Waals surface area contributed by atoms with Crippen LogP contribution in [0.3, 0.4) is 0 Å². The molecule has 0 aromatic carbocycles. The smallest absolute Gasteiger partial charge is 0.314 e. The summed E-state index contributed by atoms with van der Waals surface area (Å²) in [6.07, 6.45) is 7.52. The van der Waals surface area contributed by atoms with Gasteiger partial charge in [0.05, 0.1) is 6.33 Å². The fourth-order valence-corrected chi connectivity index (χ4v) is 1.13. The number of unbranched alkanes of at least 4 members (excludes halogenated alkanes) is 1. The Morgan fingerprint density at radius 2 is 2.36 bits per heavy atom. The summed E-state index contributed by atoms with van der Waals surface area (Å²) in [4.78, 5) is 14.7. The Morgan fingerprint density at radius 1 is 1.50 bits per heavy atom. The van der Waals surface area contributed by atoms with Crippen LogP contribution < -0.4 is 10.6 Å². The van der Waals surface area contributed by atoms with E-state index < -0.39 is 0 Å². The molecule has 0 aliphatic rings. The minimum Gasteiger partial charge on any atom is -0.341 e. The molecule has 2 amide bonds. The van der Waals surface area contributed by atoms with Gasteiger partial charge in [-0.2, -0.15) is 0 Å². The van der Waals surface area contributed by atoms with Crippen LogP contribution in [0.25, 0.3) is 0 Å². The van der Waals surface area contributed by atoms with Gasteiger partial charge >= 0.3 is 6.03 Å². The van der Waals surface area contributed by atoms with Gasteiger partial charge in [-0.1, -0.05) is 0 Å². The second-order valence-electron chi connectivity index (χ2n) is 3.01. The van der Waals surface area contributed by atoms with Crippen LogP contribution in [0.15, 0.2) is 18.7 Å². The highest BCUT2D eigenvalue weighted by Gasteiger charge is 1.94. The van der Waals surface area contributed by atoms with Crippen molar-refractivity contribution in [1.29, 1.82) is 0 Å². The molecule has 0 spiro atoms. The molecule has 0 aliphatic carbocycles. The van der Waals surface area contributed by atoms with Crippen molar-refractivity contribution in [1.82, 2.24) is 20.2 Å². The van der Waals surface area contributed by atoms with Crippen LogP contribution in [0.1, 0.15) is 12.8 Å². The molecular formula is C9H16N4O. The molecule has 1 heterocycles. The summed E-state index contributed by atoms with van der Waals surface area (Å²) in [5, 5.41) is 5.24. The first-order valence-electron chi connectivity index (χ1n) is 4.74. The van der Waals surface area contributed by atoms with Crippen LogP contribution >= 0.6 is 0 Å². The number of carbonyl (C=O) groups excluding carboxylic acids is 1. The van der Waals surface area contributed by atoms with Gasteiger partial charge in [-0.3, -0.25) is 0 Å². The number of hydrogen-bond acceptors (Lipinski definition) is 2. The molecule has 0 saturated heterocycles. The lowest BCUT2D eigenvalue weighted by Gasteiger charge is -2.04. The molecule has 14 heavy (non-hydrogen) atoms. The normalized spacial score (nSPS) is 9.79. The lowest BCUT2D eigenvalue weighted by molar-refractivity contribution is 0.242. The zero-order valence-corrected chi connectivity index (χ0v) is 8.36. The molecule has 1 aromatic rings. The summed E-state index contributed by atoms with van der Waals surface area (Å²) >= 11 is 0. The molecule has 0 unspecified atom stereocenters. The van der Waals surface area contributed by atoms with Crippen molar-refractivity contribution in [3.63, 3.8) is 0 Å². The van der Waals surface area contributed by atoms with Crippen LogP contribution in [-0.4, -0.2) is 29.2 Å². The zero-order chi connectivity index (χ0) is 10.2. The fourth-order valence-electron chi connectivity index (χ4n) is 1.13. The Balaban J connectivity index is 1.97.